The molecule has 3 rings (SSSR count). The second-order valence-electron chi connectivity index (χ2n) is 7.14. The van der Waals surface area contributed by atoms with E-state index in [2.05, 4.69) is 5.32 Å². The molecule has 0 aromatic heterocycles. The highest BCUT2D eigenvalue weighted by molar-refractivity contribution is 5.94. The molecule has 150 valence electrons. The van der Waals surface area contributed by atoms with Crippen LogP contribution in [0.25, 0.3) is 0 Å². The van der Waals surface area contributed by atoms with E-state index in [0.29, 0.717) is 17.7 Å². The molecule has 5 nitrogen and oxygen atoms in total. The summed E-state index contributed by atoms with van der Waals surface area (Å²) in [5, 5.41) is 13.4. The van der Waals surface area contributed by atoms with Gasteiger partial charge in [0.15, 0.2) is 0 Å². The summed E-state index contributed by atoms with van der Waals surface area (Å²) in [5.41, 5.74) is 0.402. The van der Waals surface area contributed by atoms with Gasteiger partial charge in [-0.25, -0.2) is 0 Å². The topological polar surface area (TPSA) is 67.8 Å². The quantitative estimate of drug-likeness (QED) is 0.604. The number of nitrogens with one attached hydrogen (secondary N) is 1. The molecule has 0 heterocycles. The molecule has 0 radical (unpaired) electrons. The van der Waals surface area contributed by atoms with Crippen LogP contribution < -0.4 is 14.8 Å². The summed E-state index contributed by atoms with van der Waals surface area (Å²) in [7, 11) is 1.61. The fourth-order valence-electron chi connectivity index (χ4n) is 2.92. The molecule has 1 atom stereocenters. The molecule has 3 aromatic rings. The fourth-order valence-corrected chi connectivity index (χ4v) is 2.92. The summed E-state index contributed by atoms with van der Waals surface area (Å²) in [4.78, 5) is 12.4. The van der Waals surface area contributed by atoms with E-state index in [4.69, 9.17) is 9.47 Å². The van der Waals surface area contributed by atoms with Gasteiger partial charge in [-0.2, -0.15) is 0 Å². The van der Waals surface area contributed by atoms with Crippen LogP contribution >= 0.6 is 0 Å². The predicted molar refractivity (Wildman–Crippen MR) is 113 cm³/mol. The van der Waals surface area contributed by atoms with Crippen LogP contribution in [0.2, 0.25) is 0 Å². The minimum absolute atomic E-state index is 0.139. The Morgan fingerprint density at radius 1 is 0.897 bits per heavy atom. The first-order valence-electron chi connectivity index (χ1n) is 9.42. The zero-order valence-electron chi connectivity index (χ0n) is 16.6. The SMILES string of the molecule is COc1ccc(CC(C)(O)CNC(=O)c2ccc(Oc3ccccc3)cc2)cc1. The average Bonchev–Trinajstić information content (AvgIpc) is 2.74. The lowest BCUT2D eigenvalue weighted by molar-refractivity contribution is 0.0552. The number of methoxy groups -OCH3 is 1. The maximum atomic E-state index is 12.4. The van der Waals surface area contributed by atoms with E-state index in [9.17, 15) is 9.90 Å². The van der Waals surface area contributed by atoms with Crippen molar-refractivity contribution in [1.29, 1.82) is 0 Å². The number of para-hydroxylation sites is 1. The molecule has 29 heavy (non-hydrogen) atoms. The van der Waals surface area contributed by atoms with Crippen molar-refractivity contribution in [2.75, 3.05) is 13.7 Å². The Morgan fingerprint density at radius 2 is 1.48 bits per heavy atom. The van der Waals surface area contributed by atoms with Gasteiger partial charge in [-0.1, -0.05) is 30.3 Å². The highest BCUT2D eigenvalue weighted by Crippen LogP contribution is 2.21. The molecular formula is C24H25NO4. The molecule has 3 aromatic carbocycles. The van der Waals surface area contributed by atoms with Crippen molar-refractivity contribution in [1.82, 2.24) is 5.32 Å². The molecule has 0 aliphatic carbocycles. The lowest BCUT2D eigenvalue weighted by Gasteiger charge is -2.24. The second kappa shape index (κ2) is 9.26. The number of hydrogen-bond acceptors (Lipinski definition) is 4. The van der Waals surface area contributed by atoms with Gasteiger partial charge in [0.05, 0.1) is 12.7 Å². The summed E-state index contributed by atoms with van der Waals surface area (Å²) in [5.74, 6) is 1.91. The molecule has 2 N–H and O–H groups in total. The Bertz CT molecular complexity index is 919. The first kappa shape index (κ1) is 20.4. The van der Waals surface area contributed by atoms with Crippen LogP contribution in [0.5, 0.6) is 17.2 Å². The Balaban J connectivity index is 1.53. The highest BCUT2D eigenvalue weighted by atomic mass is 16.5. The zero-order valence-corrected chi connectivity index (χ0v) is 16.6. The van der Waals surface area contributed by atoms with Crippen molar-refractivity contribution >= 4 is 5.91 Å². The number of rotatable bonds is 8. The van der Waals surface area contributed by atoms with Crippen molar-refractivity contribution in [3.63, 3.8) is 0 Å². The van der Waals surface area contributed by atoms with Crippen LogP contribution in [0.4, 0.5) is 0 Å². The van der Waals surface area contributed by atoms with Crippen molar-refractivity contribution in [2.45, 2.75) is 18.9 Å². The monoisotopic (exact) mass is 391 g/mol. The van der Waals surface area contributed by atoms with Crippen LogP contribution in [0.3, 0.4) is 0 Å². The Labute approximate surface area is 170 Å². The smallest absolute Gasteiger partial charge is 0.251 e. The third-order valence-corrected chi connectivity index (χ3v) is 4.47. The largest absolute Gasteiger partial charge is 0.497 e. The van der Waals surface area contributed by atoms with E-state index >= 15 is 0 Å². The maximum absolute atomic E-state index is 12.4. The molecule has 0 bridgehead atoms. The lowest BCUT2D eigenvalue weighted by atomic mass is 9.96. The van der Waals surface area contributed by atoms with Gasteiger partial charge in [0, 0.05) is 18.5 Å². The van der Waals surface area contributed by atoms with Gasteiger partial charge in [0.2, 0.25) is 0 Å². The van der Waals surface area contributed by atoms with E-state index in [1.54, 1.807) is 38.3 Å². The third kappa shape index (κ3) is 6.09. The standard InChI is InChI=1S/C24H25NO4/c1-24(27,16-18-8-12-20(28-2)13-9-18)17-25-23(26)19-10-14-22(15-11-19)29-21-6-4-3-5-7-21/h3-15,27H,16-17H2,1-2H3,(H,25,26). The van der Waals surface area contributed by atoms with Crippen molar-refractivity contribution in [3.05, 3.63) is 90.0 Å². The van der Waals surface area contributed by atoms with Gasteiger partial charge < -0.3 is 19.9 Å². The zero-order chi connectivity index (χ0) is 20.7. The van der Waals surface area contributed by atoms with Gasteiger partial charge in [-0.05, 0) is 61.0 Å². The second-order valence-corrected chi connectivity index (χ2v) is 7.14. The van der Waals surface area contributed by atoms with Gasteiger partial charge in [0.1, 0.15) is 17.2 Å². The van der Waals surface area contributed by atoms with Crippen molar-refractivity contribution in [2.24, 2.45) is 0 Å². The number of aliphatic hydroxyl groups is 1. The Kier molecular flexibility index (Phi) is 6.52. The molecule has 5 heteroatoms. The Hall–Kier alpha value is -3.31. The van der Waals surface area contributed by atoms with Crippen LogP contribution in [-0.4, -0.2) is 30.3 Å². The van der Waals surface area contributed by atoms with Crippen LogP contribution in [0, 0.1) is 0 Å². The normalized spacial score (nSPS) is 12.7. The number of amides is 1. The highest BCUT2D eigenvalue weighted by Gasteiger charge is 2.22. The number of carbonyl (C=O) groups excluding carboxylic acids is 1. The molecule has 1 unspecified atom stereocenters. The van der Waals surface area contributed by atoms with E-state index < -0.39 is 5.60 Å². The first-order chi connectivity index (χ1) is 13.9. The van der Waals surface area contributed by atoms with Crippen molar-refractivity contribution < 1.29 is 19.4 Å². The van der Waals surface area contributed by atoms with Crippen molar-refractivity contribution in [3.8, 4) is 17.2 Å². The molecule has 0 fully saturated rings. The lowest BCUT2D eigenvalue weighted by Crippen LogP contribution is -2.42. The average molecular weight is 391 g/mol. The van der Waals surface area contributed by atoms with Crippen LogP contribution in [-0.2, 0) is 6.42 Å². The number of carbonyl (C=O) groups is 1. The minimum atomic E-state index is -1.07. The summed E-state index contributed by atoms with van der Waals surface area (Å²) in [6, 6.07) is 23.9. The summed E-state index contributed by atoms with van der Waals surface area (Å²) in [6.45, 7) is 1.84. The van der Waals surface area contributed by atoms with E-state index in [-0.39, 0.29) is 12.5 Å². The number of ether oxygens (including phenoxy) is 2. The molecule has 0 aliphatic rings. The summed E-state index contributed by atoms with van der Waals surface area (Å²) in [6.07, 6.45) is 0.418. The molecule has 0 saturated heterocycles. The molecule has 0 aliphatic heterocycles. The van der Waals surface area contributed by atoms with Crippen LogP contribution in [0.1, 0.15) is 22.8 Å². The first-order valence-corrected chi connectivity index (χ1v) is 9.42. The van der Waals surface area contributed by atoms with Gasteiger partial charge in [-0.3, -0.25) is 4.79 Å². The van der Waals surface area contributed by atoms with Gasteiger partial charge in [-0.15, -0.1) is 0 Å². The van der Waals surface area contributed by atoms with Crippen LogP contribution in [0.15, 0.2) is 78.9 Å². The maximum Gasteiger partial charge on any atom is 0.251 e. The third-order valence-electron chi connectivity index (χ3n) is 4.47. The fraction of sp³-hybridized carbons (Fsp3) is 0.208. The molecule has 1 amide bonds. The number of hydrogen-bond donors (Lipinski definition) is 2. The van der Waals surface area contributed by atoms with E-state index in [1.807, 2.05) is 54.6 Å². The molecular weight excluding hydrogens is 366 g/mol. The van der Waals surface area contributed by atoms with Gasteiger partial charge in [0.25, 0.3) is 5.91 Å². The van der Waals surface area contributed by atoms with Gasteiger partial charge >= 0.3 is 0 Å². The van der Waals surface area contributed by atoms with E-state index in [0.717, 1.165) is 17.1 Å². The molecule has 0 saturated carbocycles. The summed E-state index contributed by atoms with van der Waals surface area (Å²) >= 11 is 0. The number of benzene rings is 3. The predicted octanol–water partition coefficient (Wildman–Crippen LogP) is 4.21. The van der Waals surface area contributed by atoms with E-state index in [1.165, 1.54) is 0 Å². The molecule has 0 spiro atoms. The minimum Gasteiger partial charge on any atom is -0.497 e. The Morgan fingerprint density at radius 3 is 2.10 bits per heavy atom. The summed E-state index contributed by atoms with van der Waals surface area (Å²) < 4.78 is 10.9.